The molecule has 0 saturated heterocycles. The molecule has 0 aliphatic heterocycles. The summed E-state index contributed by atoms with van der Waals surface area (Å²) in [5.74, 6) is 0.965. The third-order valence-corrected chi connectivity index (χ3v) is 3.84. The number of rotatable bonds is 4. The van der Waals surface area contributed by atoms with Gasteiger partial charge in [-0.05, 0) is 35.2 Å². The summed E-state index contributed by atoms with van der Waals surface area (Å²) in [5.41, 5.74) is 0.300. The van der Waals surface area contributed by atoms with E-state index in [0.717, 1.165) is 18.9 Å². The maximum absolute atomic E-state index is 4.20. The van der Waals surface area contributed by atoms with E-state index in [0.29, 0.717) is 11.5 Å². The zero-order valence-electron chi connectivity index (χ0n) is 11.1. The molecule has 5 nitrogen and oxygen atoms in total. The smallest absolute Gasteiger partial charge is 0.165 e. The summed E-state index contributed by atoms with van der Waals surface area (Å²) in [7, 11) is 0. The molecule has 1 aliphatic carbocycles. The largest absolute Gasteiger partial charge is 0.310 e. The second kappa shape index (κ2) is 5.12. The molecule has 0 amide bonds. The van der Waals surface area contributed by atoms with Gasteiger partial charge in [-0.3, -0.25) is 0 Å². The highest BCUT2D eigenvalue weighted by Gasteiger charge is 2.35. The van der Waals surface area contributed by atoms with E-state index in [1.165, 1.54) is 25.7 Å². The lowest BCUT2D eigenvalue weighted by molar-refractivity contribution is 0.128. The minimum Gasteiger partial charge on any atom is -0.310 e. The molecule has 1 aliphatic rings. The number of tetrazole rings is 1. The van der Waals surface area contributed by atoms with Crippen LogP contribution in [0.15, 0.2) is 0 Å². The Labute approximate surface area is 103 Å². The minimum atomic E-state index is 0.300. The zero-order valence-corrected chi connectivity index (χ0v) is 11.1. The van der Waals surface area contributed by atoms with Gasteiger partial charge >= 0.3 is 0 Å². The van der Waals surface area contributed by atoms with E-state index in [4.69, 9.17) is 0 Å². The highest BCUT2D eigenvalue weighted by Crippen LogP contribution is 2.43. The van der Waals surface area contributed by atoms with Gasteiger partial charge in [0.15, 0.2) is 5.82 Å². The van der Waals surface area contributed by atoms with Crippen LogP contribution >= 0.6 is 0 Å². The molecule has 1 aromatic rings. The van der Waals surface area contributed by atoms with Crippen LogP contribution in [0.1, 0.15) is 58.3 Å². The first kappa shape index (κ1) is 12.5. The van der Waals surface area contributed by atoms with Crippen LogP contribution in [0, 0.1) is 5.41 Å². The first-order valence-corrected chi connectivity index (χ1v) is 6.62. The molecule has 17 heavy (non-hydrogen) atoms. The van der Waals surface area contributed by atoms with Gasteiger partial charge in [-0.15, -0.1) is 5.10 Å². The van der Waals surface area contributed by atoms with Gasteiger partial charge in [-0.2, -0.15) is 0 Å². The van der Waals surface area contributed by atoms with Gasteiger partial charge in [0.05, 0.1) is 12.6 Å². The molecule has 1 unspecified atom stereocenters. The van der Waals surface area contributed by atoms with E-state index in [1.54, 1.807) is 0 Å². The Morgan fingerprint density at radius 1 is 1.41 bits per heavy atom. The maximum Gasteiger partial charge on any atom is 0.165 e. The SMILES string of the molecule is CCNCc1nnnn1C1CCCCC1(C)C. The molecule has 0 radical (unpaired) electrons. The van der Waals surface area contributed by atoms with E-state index >= 15 is 0 Å². The van der Waals surface area contributed by atoms with Crippen molar-refractivity contribution in [2.75, 3.05) is 6.54 Å². The Kier molecular flexibility index (Phi) is 3.76. The molecule has 5 heteroatoms. The molecule has 1 heterocycles. The average molecular weight is 237 g/mol. The lowest BCUT2D eigenvalue weighted by atomic mass is 9.73. The third kappa shape index (κ3) is 2.65. The monoisotopic (exact) mass is 237 g/mol. The molecular weight excluding hydrogens is 214 g/mol. The van der Waals surface area contributed by atoms with Gasteiger partial charge in [-0.25, -0.2) is 4.68 Å². The number of hydrogen-bond donors (Lipinski definition) is 1. The van der Waals surface area contributed by atoms with Crippen molar-refractivity contribution in [3.8, 4) is 0 Å². The fourth-order valence-corrected chi connectivity index (χ4v) is 2.74. The van der Waals surface area contributed by atoms with Crippen LogP contribution < -0.4 is 5.32 Å². The fraction of sp³-hybridized carbons (Fsp3) is 0.917. The molecule has 0 bridgehead atoms. The normalized spacial score (nSPS) is 23.8. The molecule has 1 fully saturated rings. The van der Waals surface area contributed by atoms with Crippen LogP contribution in [0.2, 0.25) is 0 Å². The van der Waals surface area contributed by atoms with Gasteiger partial charge in [0.1, 0.15) is 0 Å². The van der Waals surface area contributed by atoms with Crippen LogP contribution in [-0.2, 0) is 6.54 Å². The van der Waals surface area contributed by atoms with E-state index in [-0.39, 0.29) is 0 Å². The highest BCUT2D eigenvalue weighted by molar-refractivity contribution is 4.92. The van der Waals surface area contributed by atoms with E-state index in [1.807, 2.05) is 4.68 Å². The standard InChI is InChI=1S/C12H23N5/c1-4-13-9-11-14-15-16-17(11)10-7-5-6-8-12(10,2)3/h10,13H,4-9H2,1-3H3. The predicted molar refractivity (Wildman–Crippen MR) is 66.5 cm³/mol. The first-order chi connectivity index (χ1) is 8.15. The summed E-state index contributed by atoms with van der Waals surface area (Å²) in [4.78, 5) is 0. The van der Waals surface area contributed by atoms with E-state index in [9.17, 15) is 0 Å². The molecule has 0 aromatic carbocycles. The predicted octanol–water partition coefficient (Wildman–Crippen LogP) is 1.92. The molecule has 0 spiro atoms. The van der Waals surface area contributed by atoms with Gasteiger partial charge in [0, 0.05) is 0 Å². The second-order valence-corrected chi connectivity index (χ2v) is 5.57. The van der Waals surface area contributed by atoms with Crippen LogP contribution in [0.5, 0.6) is 0 Å². The van der Waals surface area contributed by atoms with Crippen LogP contribution in [0.25, 0.3) is 0 Å². The van der Waals surface area contributed by atoms with Crippen molar-refractivity contribution >= 4 is 0 Å². The number of aromatic nitrogens is 4. The lowest BCUT2D eigenvalue weighted by Crippen LogP contribution is -2.33. The van der Waals surface area contributed by atoms with Crippen molar-refractivity contribution < 1.29 is 0 Å². The van der Waals surface area contributed by atoms with Crippen molar-refractivity contribution in [2.24, 2.45) is 5.41 Å². The van der Waals surface area contributed by atoms with Gasteiger partial charge in [0.2, 0.25) is 0 Å². The maximum atomic E-state index is 4.20. The van der Waals surface area contributed by atoms with Crippen molar-refractivity contribution in [1.82, 2.24) is 25.5 Å². The Bertz CT molecular complexity index is 358. The highest BCUT2D eigenvalue weighted by atomic mass is 15.6. The van der Waals surface area contributed by atoms with Gasteiger partial charge in [0.25, 0.3) is 0 Å². The zero-order chi connectivity index (χ0) is 12.3. The van der Waals surface area contributed by atoms with Crippen LogP contribution in [0.3, 0.4) is 0 Å². The Morgan fingerprint density at radius 3 is 2.94 bits per heavy atom. The lowest BCUT2D eigenvalue weighted by Gasteiger charge is -2.38. The van der Waals surface area contributed by atoms with Crippen molar-refractivity contribution in [3.05, 3.63) is 5.82 Å². The van der Waals surface area contributed by atoms with Crippen molar-refractivity contribution in [1.29, 1.82) is 0 Å². The molecule has 1 atom stereocenters. The molecule has 1 N–H and O–H groups in total. The summed E-state index contributed by atoms with van der Waals surface area (Å²) < 4.78 is 2.04. The Balaban J connectivity index is 2.17. The molecule has 96 valence electrons. The second-order valence-electron chi connectivity index (χ2n) is 5.57. The molecule has 1 saturated carbocycles. The molecular formula is C12H23N5. The van der Waals surface area contributed by atoms with Crippen molar-refractivity contribution in [2.45, 2.75) is 59.0 Å². The number of hydrogen-bond acceptors (Lipinski definition) is 4. The average Bonchev–Trinajstić information content (AvgIpc) is 2.73. The summed E-state index contributed by atoms with van der Waals surface area (Å²) >= 11 is 0. The van der Waals surface area contributed by atoms with Crippen LogP contribution in [0.4, 0.5) is 0 Å². The topological polar surface area (TPSA) is 55.6 Å². The number of nitrogens with zero attached hydrogens (tertiary/aromatic N) is 4. The molecule has 2 rings (SSSR count). The number of nitrogens with one attached hydrogen (secondary N) is 1. The van der Waals surface area contributed by atoms with Crippen molar-refractivity contribution in [3.63, 3.8) is 0 Å². The summed E-state index contributed by atoms with van der Waals surface area (Å²) in [6, 6.07) is 0.444. The Hall–Kier alpha value is -0.970. The minimum absolute atomic E-state index is 0.300. The Morgan fingerprint density at radius 2 is 2.24 bits per heavy atom. The van der Waals surface area contributed by atoms with Gasteiger partial charge in [-0.1, -0.05) is 33.6 Å². The third-order valence-electron chi connectivity index (χ3n) is 3.84. The summed E-state index contributed by atoms with van der Waals surface area (Å²) in [6.45, 7) is 8.46. The van der Waals surface area contributed by atoms with E-state index in [2.05, 4.69) is 41.6 Å². The summed E-state index contributed by atoms with van der Waals surface area (Å²) in [5, 5.41) is 15.5. The quantitative estimate of drug-likeness (QED) is 0.869. The first-order valence-electron chi connectivity index (χ1n) is 6.62. The van der Waals surface area contributed by atoms with Gasteiger partial charge < -0.3 is 5.32 Å². The van der Waals surface area contributed by atoms with Crippen LogP contribution in [-0.4, -0.2) is 26.8 Å². The fourth-order valence-electron chi connectivity index (χ4n) is 2.74. The molecule has 1 aromatic heterocycles. The summed E-state index contributed by atoms with van der Waals surface area (Å²) in [6.07, 6.45) is 5.07. The van der Waals surface area contributed by atoms with E-state index < -0.39 is 0 Å².